The predicted octanol–water partition coefficient (Wildman–Crippen LogP) is 0.0266. The van der Waals surface area contributed by atoms with Crippen LogP contribution < -0.4 is 4.98 Å². The van der Waals surface area contributed by atoms with Gasteiger partial charge in [-0.1, -0.05) is 0 Å². The third-order valence-corrected chi connectivity index (χ3v) is 2.51. The van der Waals surface area contributed by atoms with Crippen molar-refractivity contribution in [1.29, 1.82) is 0 Å². The fraction of sp³-hybridized carbons (Fsp3) is 0.250. The van der Waals surface area contributed by atoms with Crippen LogP contribution in [0.5, 0.6) is 0 Å². The summed E-state index contributed by atoms with van der Waals surface area (Å²) in [5.41, 5.74) is 0. The first-order valence-electron chi connectivity index (χ1n) is 3.48. The zero-order valence-electron chi connectivity index (χ0n) is 6.49. The molecule has 0 saturated carbocycles. The second-order valence-corrected chi connectivity index (χ2v) is 3.62. The van der Waals surface area contributed by atoms with E-state index in [1.54, 1.807) is 18.6 Å². The van der Waals surface area contributed by atoms with E-state index in [1.807, 2.05) is 0 Å². The van der Waals surface area contributed by atoms with Crippen LogP contribution in [0, 0.1) is 12.3 Å². The third-order valence-electron chi connectivity index (χ3n) is 1.24. The number of hydrogen-bond donors (Lipinski definition) is 0. The monoisotopic (exact) mass is 181 g/mol. The number of aromatic amines is 1. The summed E-state index contributed by atoms with van der Waals surface area (Å²) in [6.45, 7) is 0. The number of terminal acetylenes is 1. The Labute approximate surface area is 73.7 Å². The molecule has 12 heavy (non-hydrogen) atoms. The molecule has 3 nitrogen and oxygen atoms in total. The summed E-state index contributed by atoms with van der Waals surface area (Å²) in [5, 5.41) is 0.549. The Kier molecular flexibility index (Phi) is 3.42. The molecular formula is C8H9N2OS+. The van der Waals surface area contributed by atoms with Gasteiger partial charge in [-0.2, -0.15) is 0 Å². The van der Waals surface area contributed by atoms with Crippen molar-refractivity contribution in [3.05, 3.63) is 18.6 Å². The number of nitrogens with one attached hydrogen (secondary N) is 1. The number of rotatable bonds is 3. The van der Waals surface area contributed by atoms with Gasteiger partial charge in [-0.15, -0.1) is 12.3 Å². The minimum absolute atomic E-state index is 0.474. The van der Waals surface area contributed by atoms with Gasteiger partial charge in [-0.25, -0.2) is 9.97 Å². The molecule has 0 aliphatic heterocycles. The van der Waals surface area contributed by atoms with Crippen LogP contribution in [-0.2, 0) is 10.8 Å². The van der Waals surface area contributed by atoms with Gasteiger partial charge in [0.05, 0.1) is 17.0 Å². The molecule has 1 N–H and O–H groups in total. The maximum atomic E-state index is 11.3. The fourth-order valence-corrected chi connectivity index (χ4v) is 1.58. The van der Waals surface area contributed by atoms with Crippen LogP contribution in [-0.4, -0.2) is 14.9 Å². The first-order valence-corrected chi connectivity index (χ1v) is 4.80. The van der Waals surface area contributed by atoms with Crippen molar-refractivity contribution in [3.63, 3.8) is 0 Å². The lowest BCUT2D eigenvalue weighted by Crippen LogP contribution is -2.07. The highest BCUT2D eigenvalue weighted by Gasteiger charge is 2.05. The van der Waals surface area contributed by atoms with Gasteiger partial charge in [-0.3, -0.25) is 4.21 Å². The highest BCUT2D eigenvalue weighted by molar-refractivity contribution is 7.84. The van der Waals surface area contributed by atoms with Crippen LogP contribution in [0.4, 0.5) is 0 Å². The van der Waals surface area contributed by atoms with Crippen LogP contribution in [0.2, 0.25) is 0 Å². The molecule has 0 spiro atoms. The van der Waals surface area contributed by atoms with Gasteiger partial charge in [-0.05, 0) is 0 Å². The number of nitrogens with zero attached hydrogens (tertiary/aromatic N) is 1. The lowest BCUT2D eigenvalue weighted by Gasteiger charge is -1.93. The van der Waals surface area contributed by atoms with E-state index in [0.29, 0.717) is 17.2 Å². The maximum Gasteiger partial charge on any atom is 0.202 e. The standard InChI is InChI=1S/C8H8N2OS/c1-2-3-6-12(11)8-7-9-4-5-10-8/h1,4-5,7H,3,6H2/p+1. The van der Waals surface area contributed by atoms with E-state index >= 15 is 0 Å². The molecule has 4 heteroatoms. The summed E-state index contributed by atoms with van der Waals surface area (Å²) in [4.78, 5) is 6.74. The molecule has 0 radical (unpaired) electrons. The Morgan fingerprint density at radius 3 is 3.17 bits per heavy atom. The van der Waals surface area contributed by atoms with Crippen LogP contribution in [0.1, 0.15) is 6.42 Å². The first-order chi connectivity index (χ1) is 5.84. The van der Waals surface area contributed by atoms with Crippen LogP contribution in [0.15, 0.2) is 23.6 Å². The van der Waals surface area contributed by atoms with Gasteiger partial charge in [0.1, 0.15) is 0 Å². The minimum Gasteiger partial charge on any atom is -0.252 e. The number of aromatic nitrogens is 2. The molecular weight excluding hydrogens is 172 g/mol. The largest absolute Gasteiger partial charge is 0.252 e. The predicted molar refractivity (Wildman–Crippen MR) is 45.5 cm³/mol. The van der Waals surface area contributed by atoms with Gasteiger partial charge in [0, 0.05) is 12.2 Å². The summed E-state index contributed by atoms with van der Waals surface area (Å²) >= 11 is 0. The molecule has 1 heterocycles. The van der Waals surface area contributed by atoms with E-state index in [9.17, 15) is 4.21 Å². The van der Waals surface area contributed by atoms with Crippen LogP contribution in [0.25, 0.3) is 0 Å². The van der Waals surface area contributed by atoms with Crippen molar-refractivity contribution in [2.75, 3.05) is 5.75 Å². The Morgan fingerprint density at radius 2 is 2.58 bits per heavy atom. The molecule has 1 atom stereocenters. The molecule has 0 saturated heterocycles. The Hall–Kier alpha value is -1.21. The SMILES string of the molecule is C#CCCS(=O)c1c[nH+]ccn1. The van der Waals surface area contributed by atoms with Crippen LogP contribution >= 0.6 is 0 Å². The van der Waals surface area contributed by atoms with Crippen molar-refractivity contribution in [3.8, 4) is 12.3 Å². The second-order valence-electron chi connectivity index (χ2n) is 2.10. The average molecular weight is 181 g/mol. The van der Waals surface area contributed by atoms with E-state index < -0.39 is 10.8 Å². The number of H-pyrrole nitrogens is 1. The number of hydrogen-bond acceptors (Lipinski definition) is 2. The highest BCUT2D eigenvalue weighted by atomic mass is 32.2. The molecule has 1 unspecified atom stereocenters. The van der Waals surface area contributed by atoms with Crippen molar-refractivity contribution < 1.29 is 9.19 Å². The van der Waals surface area contributed by atoms with E-state index in [0.717, 1.165) is 0 Å². The molecule has 62 valence electrons. The van der Waals surface area contributed by atoms with E-state index in [-0.39, 0.29) is 0 Å². The molecule has 0 amide bonds. The van der Waals surface area contributed by atoms with Crippen molar-refractivity contribution in [2.45, 2.75) is 11.4 Å². The average Bonchev–Trinajstić information content (AvgIpc) is 2.15. The van der Waals surface area contributed by atoms with Gasteiger partial charge < -0.3 is 0 Å². The van der Waals surface area contributed by atoms with Crippen molar-refractivity contribution >= 4 is 10.8 Å². The highest BCUT2D eigenvalue weighted by Crippen LogP contribution is 1.98. The molecule has 1 rings (SSSR count). The minimum atomic E-state index is -1.07. The fourth-order valence-electron chi connectivity index (χ4n) is 0.691. The van der Waals surface area contributed by atoms with Gasteiger partial charge in [0.25, 0.3) is 0 Å². The molecule has 0 aliphatic rings. The summed E-state index contributed by atoms with van der Waals surface area (Å²) in [7, 11) is -1.07. The summed E-state index contributed by atoms with van der Waals surface area (Å²) in [6.07, 6.45) is 10.4. The van der Waals surface area contributed by atoms with Gasteiger partial charge in [0.15, 0.2) is 11.2 Å². The molecule has 0 aromatic carbocycles. The molecule has 1 aromatic heterocycles. The van der Waals surface area contributed by atoms with Gasteiger partial charge >= 0.3 is 0 Å². The lowest BCUT2D eigenvalue weighted by molar-refractivity contribution is -0.382. The molecule has 0 bridgehead atoms. The maximum absolute atomic E-state index is 11.3. The lowest BCUT2D eigenvalue weighted by atomic mass is 10.5. The van der Waals surface area contributed by atoms with Gasteiger partial charge in [0.2, 0.25) is 6.20 Å². The van der Waals surface area contributed by atoms with Crippen molar-refractivity contribution in [2.24, 2.45) is 0 Å². The molecule has 0 fully saturated rings. The summed E-state index contributed by atoms with van der Waals surface area (Å²) in [5.74, 6) is 2.91. The summed E-state index contributed by atoms with van der Waals surface area (Å²) < 4.78 is 11.3. The second kappa shape index (κ2) is 4.62. The zero-order valence-corrected chi connectivity index (χ0v) is 7.30. The third kappa shape index (κ3) is 2.44. The Morgan fingerprint density at radius 1 is 1.75 bits per heavy atom. The quantitative estimate of drug-likeness (QED) is 0.617. The van der Waals surface area contributed by atoms with E-state index in [2.05, 4.69) is 15.9 Å². The molecule has 0 aliphatic carbocycles. The Bertz CT molecular complexity index is 305. The normalized spacial score (nSPS) is 11.9. The van der Waals surface area contributed by atoms with E-state index in [1.165, 1.54) is 0 Å². The zero-order chi connectivity index (χ0) is 8.81. The van der Waals surface area contributed by atoms with Crippen molar-refractivity contribution in [1.82, 2.24) is 4.98 Å². The molecule has 1 aromatic rings. The first kappa shape index (κ1) is 8.88. The topological polar surface area (TPSA) is 44.1 Å². The van der Waals surface area contributed by atoms with Crippen LogP contribution in [0.3, 0.4) is 0 Å². The summed E-state index contributed by atoms with van der Waals surface area (Å²) in [6, 6.07) is 0. The Balaban J connectivity index is 2.61. The smallest absolute Gasteiger partial charge is 0.202 e. The van der Waals surface area contributed by atoms with E-state index in [4.69, 9.17) is 6.42 Å².